The molecule has 0 aromatic heterocycles. The van der Waals surface area contributed by atoms with Gasteiger partial charge in [0.15, 0.2) is 5.96 Å². The number of rotatable bonds is 7. The molecule has 23 heavy (non-hydrogen) atoms. The molecular weight excluding hydrogens is 403 g/mol. The van der Waals surface area contributed by atoms with Crippen LogP contribution in [0.5, 0.6) is 0 Å². The summed E-state index contributed by atoms with van der Waals surface area (Å²) in [6.45, 7) is 8.91. The second kappa shape index (κ2) is 10.4. The molecule has 1 heterocycles. The van der Waals surface area contributed by atoms with Gasteiger partial charge in [-0.3, -0.25) is 9.79 Å². The van der Waals surface area contributed by atoms with Crippen LogP contribution in [0.25, 0.3) is 0 Å². The van der Waals surface area contributed by atoms with E-state index in [-0.39, 0.29) is 24.0 Å². The van der Waals surface area contributed by atoms with Gasteiger partial charge in [-0.15, -0.1) is 24.0 Å². The second-order valence-electron chi connectivity index (χ2n) is 6.98. The number of guanidine groups is 1. The van der Waals surface area contributed by atoms with Crippen LogP contribution in [0.4, 0.5) is 0 Å². The third kappa shape index (κ3) is 6.85. The predicted octanol–water partition coefficient (Wildman–Crippen LogP) is 2.75. The molecule has 1 amide bonds. The summed E-state index contributed by atoms with van der Waals surface area (Å²) in [7, 11) is 0. The van der Waals surface area contributed by atoms with Crippen molar-refractivity contribution < 1.29 is 4.79 Å². The van der Waals surface area contributed by atoms with E-state index in [1.54, 1.807) is 0 Å². The Bertz CT molecular complexity index is 394. The molecular formula is C17H33IN4O. The van der Waals surface area contributed by atoms with Gasteiger partial charge in [-0.1, -0.05) is 19.8 Å². The number of amides is 1. The molecule has 2 aliphatic rings. The Morgan fingerprint density at radius 3 is 2.61 bits per heavy atom. The molecule has 2 rings (SSSR count). The molecule has 0 unspecified atom stereocenters. The Hall–Kier alpha value is -0.530. The van der Waals surface area contributed by atoms with E-state index in [1.165, 1.54) is 25.7 Å². The lowest BCUT2D eigenvalue weighted by Crippen LogP contribution is -2.39. The van der Waals surface area contributed by atoms with Gasteiger partial charge in [0, 0.05) is 39.1 Å². The highest BCUT2D eigenvalue weighted by molar-refractivity contribution is 14.0. The van der Waals surface area contributed by atoms with Crippen molar-refractivity contribution in [3.05, 3.63) is 0 Å². The highest BCUT2D eigenvalue weighted by Crippen LogP contribution is 2.37. The van der Waals surface area contributed by atoms with Gasteiger partial charge in [0.25, 0.3) is 0 Å². The minimum atomic E-state index is 0. The van der Waals surface area contributed by atoms with Gasteiger partial charge < -0.3 is 15.5 Å². The molecule has 1 aliphatic heterocycles. The van der Waals surface area contributed by atoms with Gasteiger partial charge in [-0.2, -0.15) is 0 Å². The fourth-order valence-electron chi connectivity index (χ4n) is 3.42. The zero-order chi connectivity index (χ0) is 15.8. The van der Waals surface area contributed by atoms with E-state index < -0.39 is 0 Å². The molecule has 1 aliphatic carbocycles. The lowest BCUT2D eigenvalue weighted by molar-refractivity contribution is -0.127. The number of nitrogens with zero attached hydrogens (tertiary/aromatic N) is 2. The average Bonchev–Trinajstić information content (AvgIpc) is 3.10. The average molecular weight is 436 g/mol. The van der Waals surface area contributed by atoms with Crippen LogP contribution in [-0.2, 0) is 4.79 Å². The first-order valence-corrected chi connectivity index (χ1v) is 8.93. The van der Waals surface area contributed by atoms with Crippen LogP contribution in [-0.4, -0.2) is 49.5 Å². The summed E-state index contributed by atoms with van der Waals surface area (Å²) in [5.74, 6) is 1.23. The summed E-state index contributed by atoms with van der Waals surface area (Å²) in [6.07, 6.45) is 8.03. The van der Waals surface area contributed by atoms with Crippen LogP contribution in [0, 0.1) is 5.41 Å². The van der Waals surface area contributed by atoms with Crippen molar-refractivity contribution >= 4 is 35.8 Å². The molecule has 0 aromatic rings. The van der Waals surface area contributed by atoms with E-state index in [0.29, 0.717) is 11.3 Å². The highest BCUT2D eigenvalue weighted by atomic mass is 127. The third-order valence-electron chi connectivity index (χ3n) is 4.84. The normalized spacial score (nSPS) is 20.5. The number of carbonyl (C=O) groups is 1. The first kappa shape index (κ1) is 20.5. The third-order valence-corrected chi connectivity index (χ3v) is 4.84. The molecule has 2 fully saturated rings. The van der Waals surface area contributed by atoms with Crippen LogP contribution in [0.1, 0.15) is 58.8 Å². The maximum absolute atomic E-state index is 11.6. The van der Waals surface area contributed by atoms with Crippen LogP contribution < -0.4 is 10.6 Å². The zero-order valence-corrected chi connectivity index (χ0v) is 17.0. The minimum Gasteiger partial charge on any atom is -0.357 e. The molecule has 0 radical (unpaired) electrons. The molecule has 0 spiro atoms. The van der Waals surface area contributed by atoms with Gasteiger partial charge >= 0.3 is 0 Å². The number of carbonyl (C=O) groups excluding carboxylic acids is 1. The van der Waals surface area contributed by atoms with Gasteiger partial charge in [0.05, 0.1) is 0 Å². The van der Waals surface area contributed by atoms with Crippen molar-refractivity contribution in [3.8, 4) is 0 Å². The van der Waals surface area contributed by atoms with Crippen molar-refractivity contribution in [2.45, 2.75) is 58.8 Å². The minimum absolute atomic E-state index is 0. The number of halogens is 1. The number of hydrogen-bond donors (Lipinski definition) is 2. The van der Waals surface area contributed by atoms with E-state index in [4.69, 9.17) is 4.99 Å². The van der Waals surface area contributed by atoms with E-state index >= 15 is 0 Å². The summed E-state index contributed by atoms with van der Waals surface area (Å²) in [6, 6.07) is 0. The van der Waals surface area contributed by atoms with Crippen molar-refractivity contribution in [1.82, 2.24) is 15.5 Å². The van der Waals surface area contributed by atoms with Gasteiger partial charge in [-0.25, -0.2) is 0 Å². The number of nitrogens with one attached hydrogen (secondary N) is 2. The van der Waals surface area contributed by atoms with Crippen LogP contribution in [0.2, 0.25) is 0 Å². The molecule has 5 nitrogen and oxygen atoms in total. The monoisotopic (exact) mass is 436 g/mol. The summed E-state index contributed by atoms with van der Waals surface area (Å²) in [5, 5.41) is 6.72. The second-order valence-corrected chi connectivity index (χ2v) is 6.98. The van der Waals surface area contributed by atoms with Crippen LogP contribution >= 0.6 is 24.0 Å². The highest BCUT2D eigenvalue weighted by Gasteiger charge is 2.28. The lowest BCUT2D eigenvalue weighted by atomic mass is 9.89. The quantitative estimate of drug-likeness (QED) is 0.279. The summed E-state index contributed by atoms with van der Waals surface area (Å²) in [4.78, 5) is 18.3. The van der Waals surface area contributed by atoms with Crippen molar-refractivity contribution in [2.24, 2.45) is 10.4 Å². The van der Waals surface area contributed by atoms with Crippen molar-refractivity contribution in [2.75, 3.05) is 32.7 Å². The molecule has 0 atom stereocenters. The number of likely N-dealkylation sites (tertiary alicyclic amines) is 1. The topological polar surface area (TPSA) is 56.7 Å². The zero-order valence-electron chi connectivity index (χ0n) is 14.7. The van der Waals surface area contributed by atoms with E-state index in [0.717, 1.165) is 57.9 Å². The SMILES string of the molecule is CCNC(=NCC1(C)CCCC1)NCCCN1CCCC1=O.I. The smallest absolute Gasteiger partial charge is 0.222 e. The Kier molecular flexibility index (Phi) is 9.24. The molecule has 1 saturated heterocycles. The standard InChI is InChI=1S/C17H32N4O.HI/c1-3-18-16(20-14-17(2)9-4-5-10-17)19-11-7-13-21-12-6-8-15(21)22;/h3-14H2,1-2H3,(H2,18,19,20);1H. The van der Waals surface area contributed by atoms with Gasteiger partial charge in [0.1, 0.15) is 0 Å². The van der Waals surface area contributed by atoms with Gasteiger partial charge in [-0.05, 0) is 38.0 Å². The largest absolute Gasteiger partial charge is 0.357 e. The fraction of sp³-hybridized carbons (Fsp3) is 0.882. The van der Waals surface area contributed by atoms with E-state index in [9.17, 15) is 4.79 Å². The lowest BCUT2D eigenvalue weighted by Gasteiger charge is -2.22. The first-order valence-electron chi connectivity index (χ1n) is 8.93. The molecule has 1 saturated carbocycles. The number of aliphatic imine (C=N–C) groups is 1. The molecule has 2 N–H and O–H groups in total. The fourth-order valence-corrected chi connectivity index (χ4v) is 3.42. The van der Waals surface area contributed by atoms with Gasteiger partial charge in [0.2, 0.25) is 5.91 Å². The van der Waals surface area contributed by atoms with Crippen LogP contribution in [0.3, 0.4) is 0 Å². The Morgan fingerprint density at radius 1 is 1.26 bits per heavy atom. The number of hydrogen-bond acceptors (Lipinski definition) is 2. The molecule has 0 aromatic carbocycles. The maximum Gasteiger partial charge on any atom is 0.222 e. The molecule has 6 heteroatoms. The summed E-state index contributed by atoms with van der Waals surface area (Å²) in [5.41, 5.74) is 0.393. The Morgan fingerprint density at radius 2 is 2.00 bits per heavy atom. The molecule has 134 valence electrons. The van der Waals surface area contributed by atoms with Crippen molar-refractivity contribution in [1.29, 1.82) is 0 Å². The predicted molar refractivity (Wildman–Crippen MR) is 106 cm³/mol. The maximum atomic E-state index is 11.6. The first-order chi connectivity index (χ1) is 10.6. The van der Waals surface area contributed by atoms with Crippen molar-refractivity contribution in [3.63, 3.8) is 0 Å². The Labute approximate surface area is 158 Å². The summed E-state index contributed by atoms with van der Waals surface area (Å²) < 4.78 is 0. The summed E-state index contributed by atoms with van der Waals surface area (Å²) >= 11 is 0. The van der Waals surface area contributed by atoms with E-state index in [1.807, 2.05) is 4.90 Å². The Balaban J connectivity index is 0.00000264. The van der Waals surface area contributed by atoms with E-state index in [2.05, 4.69) is 24.5 Å². The van der Waals surface area contributed by atoms with Crippen LogP contribution in [0.15, 0.2) is 4.99 Å². The molecule has 0 bridgehead atoms.